The fraction of sp³-hybridized carbons (Fsp3) is 0. The van der Waals surface area contributed by atoms with Gasteiger partial charge in [-0.15, -0.1) is 0 Å². The monoisotopic (exact) mass is 258 g/mol. The van der Waals surface area contributed by atoms with E-state index in [9.17, 15) is 9.59 Å². The van der Waals surface area contributed by atoms with Crippen molar-refractivity contribution in [1.82, 2.24) is 0 Å². The molecule has 0 saturated heterocycles. The molecule has 2 aromatic carbocycles. The number of allylic oxidation sites excluding steroid dienone is 2. The summed E-state index contributed by atoms with van der Waals surface area (Å²) in [7, 11) is 0. The number of rotatable bonds is 0. The maximum absolute atomic E-state index is 12.7. The molecule has 2 heteroatoms. The Bertz CT molecular complexity index is 930. The highest BCUT2D eigenvalue weighted by Gasteiger charge is 2.24. The van der Waals surface area contributed by atoms with Crippen molar-refractivity contribution in [3.8, 4) is 0 Å². The molecule has 0 amide bonds. The number of carbonyl (C=O) groups is 2. The number of fused-ring (bicyclic) bond motifs is 4. The highest BCUT2D eigenvalue weighted by atomic mass is 16.1. The number of ketones is 2. The van der Waals surface area contributed by atoms with Gasteiger partial charge in [-0.05, 0) is 28.2 Å². The van der Waals surface area contributed by atoms with Crippen LogP contribution in [0.15, 0.2) is 48.6 Å². The Morgan fingerprint density at radius 1 is 0.800 bits per heavy atom. The Kier molecular flexibility index (Phi) is 2.15. The van der Waals surface area contributed by atoms with E-state index in [0.29, 0.717) is 16.7 Å². The lowest BCUT2D eigenvalue weighted by Crippen LogP contribution is -2.31. The third-order valence-corrected chi connectivity index (χ3v) is 3.78. The minimum absolute atomic E-state index is 0.0630. The second-order valence-corrected chi connectivity index (χ2v) is 4.94. The van der Waals surface area contributed by atoms with Crippen LogP contribution in [-0.2, 0) is 0 Å². The van der Waals surface area contributed by atoms with Crippen LogP contribution < -0.4 is 10.4 Å². The molecule has 0 radical (unpaired) electrons. The smallest absolute Gasteiger partial charge is 0.194 e. The second kappa shape index (κ2) is 3.87. The summed E-state index contributed by atoms with van der Waals surface area (Å²) >= 11 is 0. The molecule has 94 valence electrons. The molecule has 4 rings (SSSR count). The fourth-order valence-corrected chi connectivity index (χ4v) is 2.86. The van der Waals surface area contributed by atoms with E-state index in [0.717, 1.165) is 16.0 Å². The van der Waals surface area contributed by atoms with Crippen molar-refractivity contribution in [2.75, 3.05) is 0 Å². The molecular formula is C18H10O2. The van der Waals surface area contributed by atoms with E-state index in [1.54, 1.807) is 6.08 Å². The zero-order chi connectivity index (χ0) is 13.7. The molecule has 0 unspecified atom stereocenters. The van der Waals surface area contributed by atoms with Crippen molar-refractivity contribution >= 4 is 23.7 Å². The third-order valence-electron chi connectivity index (χ3n) is 3.78. The van der Waals surface area contributed by atoms with Crippen molar-refractivity contribution in [2.24, 2.45) is 0 Å². The van der Waals surface area contributed by atoms with Gasteiger partial charge in [0.2, 0.25) is 0 Å². The summed E-state index contributed by atoms with van der Waals surface area (Å²) in [6.45, 7) is 0. The predicted octanol–water partition coefficient (Wildman–Crippen LogP) is 1.59. The first-order chi connectivity index (χ1) is 9.75. The summed E-state index contributed by atoms with van der Waals surface area (Å²) in [6.07, 6.45) is 7.07. The first-order valence-corrected chi connectivity index (χ1v) is 6.47. The molecule has 20 heavy (non-hydrogen) atoms. The molecule has 2 nitrogen and oxygen atoms in total. The van der Waals surface area contributed by atoms with Gasteiger partial charge in [-0.3, -0.25) is 9.59 Å². The van der Waals surface area contributed by atoms with Crippen LogP contribution in [0.3, 0.4) is 0 Å². The molecule has 0 saturated carbocycles. The average molecular weight is 258 g/mol. The zero-order valence-corrected chi connectivity index (χ0v) is 10.6. The van der Waals surface area contributed by atoms with Crippen LogP contribution in [0, 0.1) is 0 Å². The lowest BCUT2D eigenvalue weighted by atomic mass is 9.85. The molecule has 0 atom stereocenters. The minimum atomic E-state index is -0.0968. The van der Waals surface area contributed by atoms with E-state index in [1.165, 1.54) is 6.08 Å². The first kappa shape index (κ1) is 11.1. The highest BCUT2D eigenvalue weighted by molar-refractivity contribution is 6.21. The average Bonchev–Trinajstić information content (AvgIpc) is 2.47. The maximum atomic E-state index is 12.7. The second-order valence-electron chi connectivity index (χ2n) is 4.94. The van der Waals surface area contributed by atoms with Crippen LogP contribution >= 0.6 is 0 Å². The zero-order valence-electron chi connectivity index (χ0n) is 10.6. The van der Waals surface area contributed by atoms with Crippen molar-refractivity contribution in [1.29, 1.82) is 0 Å². The molecule has 0 aliphatic heterocycles. The Morgan fingerprint density at radius 2 is 1.60 bits per heavy atom. The van der Waals surface area contributed by atoms with Gasteiger partial charge in [-0.2, -0.15) is 0 Å². The van der Waals surface area contributed by atoms with E-state index < -0.39 is 0 Å². The van der Waals surface area contributed by atoms with Gasteiger partial charge in [0.05, 0.1) is 0 Å². The summed E-state index contributed by atoms with van der Waals surface area (Å²) in [5, 5.41) is 1.64. The number of carbonyl (C=O) groups excluding carboxylic acids is 2. The molecule has 0 bridgehead atoms. The van der Waals surface area contributed by atoms with Crippen LogP contribution in [0.25, 0.3) is 12.2 Å². The summed E-state index contributed by atoms with van der Waals surface area (Å²) in [6, 6.07) is 11.3. The standard InChI is InChI=1S/C18H10O2/c19-15-7-3-5-11-8-9-13-10-12-4-1-2-6-14(12)18(20)17(13)16(11)15/h1-10H. The van der Waals surface area contributed by atoms with E-state index in [4.69, 9.17) is 0 Å². The molecule has 0 fully saturated rings. The molecule has 0 aromatic heterocycles. The van der Waals surface area contributed by atoms with Gasteiger partial charge < -0.3 is 0 Å². The lowest BCUT2D eigenvalue weighted by molar-refractivity contribution is 0.100. The SMILES string of the molecule is O=C1C=CC=c2ccc3c(c21)C(=O)c1ccccc1C=3. The topological polar surface area (TPSA) is 34.1 Å². The van der Waals surface area contributed by atoms with Gasteiger partial charge in [-0.1, -0.05) is 48.6 Å². The normalized spacial score (nSPS) is 14.8. The van der Waals surface area contributed by atoms with Crippen LogP contribution in [0.5, 0.6) is 0 Å². The minimum Gasteiger partial charge on any atom is -0.289 e. The van der Waals surface area contributed by atoms with Crippen molar-refractivity contribution in [3.05, 3.63) is 81.2 Å². The van der Waals surface area contributed by atoms with Crippen molar-refractivity contribution in [3.63, 3.8) is 0 Å². The molecule has 0 heterocycles. The van der Waals surface area contributed by atoms with E-state index in [1.807, 2.05) is 48.6 Å². The molecule has 2 aromatic rings. The van der Waals surface area contributed by atoms with Gasteiger partial charge in [0, 0.05) is 16.7 Å². The van der Waals surface area contributed by atoms with Crippen LogP contribution in [0.2, 0.25) is 0 Å². The maximum Gasteiger partial charge on any atom is 0.194 e. The van der Waals surface area contributed by atoms with Crippen molar-refractivity contribution in [2.45, 2.75) is 0 Å². The third kappa shape index (κ3) is 1.39. The molecule has 0 spiro atoms. The number of hydrogen-bond donors (Lipinski definition) is 0. The Hall–Kier alpha value is -2.74. The summed E-state index contributed by atoms with van der Waals surface area (Å²) in [4.78, 5) is 24.9. The van der Waals surface area contributed by atoms with Gasteiger partial charge in [0.25, 0.3) is 0 Å². The molecule has 0 N–H and O–H groups in total. The van der Waals surface area contributed by atoms with E-state index >= 15 is 0 Å². The van der Waals surface area contributed by atoms with Gasteiger partial charge in [0.15, 0.2) is 11.6 Å². The number of benzene rings is 2. The molecule has 2 aliphatic carbocycles. The Morgan fingerprint density at radius 3 is 2.50 bits per heavy atom. The van der Waals surface area contributed by atoms with Gasteiger partial charge in [0.1, 0.15) is 0 Å². The number of hydrogen-bond acceptors (Lipinski definition) is 2. The van der Waals surface area contributed by atoms with Crippen LogP contribution in [-0.4, -0.2) is 11.6 Å². The summed E-state index contributed by atoms with van der Waals surface area (Å²) in [5.74, 6) is -0.160. The summed E-state index contributed by atoms with van der Waals surface area (Å²) in [5.41, 5.74) is 2.64. The Balaban J connectivity index is 2.17. The van der Waals surface area contributed by atoms with Crippen LogP contribution in [0.4, 0.5) is 0 Å². The quantitative estimate of drug-likeness (QED) is 0.613. The summed E-state index contributed by atoms with van der Waals surface area (Å²) < 4.78 is 0. The van der Waals surface area contributed by atoms with Crippen LogP contribution in [0.1, 0.15) is 31.8 Å². The Labute approximate surface area is 115 Å². The fourth-order valence-electron chi connectivity index (χ4n) is 2.86. The van der Waals surface area contributed by atoms with Crippen molar-refractivity contribution < 1.29 is 9.59 Å². The predicted molar refractivity (Wildman–Crippen MR) is 77.1 cm³/mol. The van der Waals surface area contributed by atoms with Gasteiger partial charge in [-0.25, -0.2) is 0 Å². The van der Waals surface area contributed by atoms with Gasteiger partial charge >= 0.3 is 0 Å². The molecular weight excluding hydrogens is 248 g/mol. The van der Waals surface area contributed by atoms with E-state index in [2.05, 4.69) is 0 Å². The largest absolute Gasteiger partial charge is 0.289 e. The lowest BCUT2D eigenvalue weighted by Gasteiger charge is -2.16. The first-order valence-electron chi connectivity index (χ1n) is 6.47. The van der Waals surface area contributed by atoms with E-state index in [-0.39, 0.29) is 11.6 Å². The molecule has 2 aliphatic rings. The highest BCUT2D eigenvalue weighted by Crippen LogP contribution is 2.19.